The van der Waals surface area contributed by atoms with E-state index in [1.54, 1.807) is 12.1 Å². The van der Waals surface area contributed by atoms with Gasteiger partial charge in [0.1, 0.15) is 10.8 Å². The van der Waals surface area contributed by atoms with Gasteiger partial charge in [-0.3, -0.25) is 4.79 Å². The maximum Gasteiger partial charge on any atom is 0.170 e. The van der Waals surface area contributed by atoms with E-state index in [2.05, 4.69) is 10.1 Å². The summed E-state index contributed by atoms with van der Waals surface area (Å²) in [6, 6.07) is 3.47. The summed E-state index contributed by atoms with van der Waals surface area (Å²) in [6.07, 6.45) is 4.25. The van der Waals surface area contributed by atoms with E-state index in [9.17, 15) is 4.79 Å². The number of carbonyl (C=O) groups excluding carboxylic acids is 1. The summed E-state index contributed by atoms with van der Waals surface area (Å²) in [4.78, 5) is 15.6. The molecule has 3 rings (SSSR count). The van der Waals surface area contributed by atoms with Gasteiger partial charge in [0.15, 0.2) is 11.9 Å². The van der Waals surface area contributed by atoms with Crippen LogP contribution in [0.15, 0.2) is 12.1 Å². The van der Waals surface area contributed by atoms with Crippen molar-refractivity contribution in [2.75, 3.05) is 0 Å². The average Bonchev–Trinajstić information content (AvgIpc) is 2.52. The number of carbonyl (C=O) groups is 1. The monoisotopic (exact) mass is 235 g/mol. The van der Waals surface area contributed by atoms with E-state index < -0.39 is 0 Å². The van der Waals surface area contributed by atoms with E-state index in [1.165, 1.54) is 10.9 Å². The molecule has 0 spiro atoms. The molecule has 0 atom stereocenters. The van der Waals surface area contributed by atoms with Crippen LogP contribution in [0.2, 0.25) is 5.15 Å². The number of aromatic nitrogens is 3. The minimum Gasteiger partial charge on any atom is -0.296 e. The Bertz CT molecular complexity index is 560. The minimum absolute atomic E-state index is 0.369. The maximum atomic E-state index is 11.1. The van der Waals surface area contributed by atoms with E-state index in [0.717, 1.165) is 24.8 Å². The fourth-order valence-corrected chi connectivity index (χ4v) is 2.18. The Labute approximate surface area is 97.2 Å². The average molecular weight is 236 g/mol. The third-order valence-electron chi connectivity index (χ3n) is 3.11. The number of halogens is 1. The highest BCUT2D eigenvalue weighted by atomic mass is 35.5. The van der Waals surface area contributed by atoms with Crippen molar-refractivity contribution in [3.05, 3.63) is 28.7 Å². The van der Waals surface area contributed by atoms with Gasteiger partial charge in [-0.05, 0) is 25.0 Å². The summed E-state index contributed by atoms with van der Waals surface area (Å²) >= 11 is 5.81. The number of rotatable bonds is 2. The Morgan fingerprint density at radius 3 is 2.88 bits per heavy atom. The molecular weight excluding hydrogens is 226 g/mol. The van der Waals surface area contributed by atoms with Gasteiger partial charge >= 0.3 is 0 Å². The number of nitrogens with zero attached hydrogens (tertiary/aromatic N) is 3. The molecule has 0 aromatic carbocycles. The zero-order valence-corrected chi connectivity index (χ0v) is 9.31. The molecule has 2 heterocycles. The second-order valence-electron chi connectivity index (χ2n) is 4.05. The third kappa shape index (κ3) is 1.33. The van der Waals surface area contributed by atoms with Gasteiger partial charge in [-0.2, -0.15) is 5.10 Å². The van der Waals surface area contributed by atoms with Gasteiger partial charge in [-0.15, -0.1) is 0 Å². The second-order valence-corrected chi connectivity index (χ2v) is 4.44. The summed E-state index contributed by atoms with van der Waals surface area (Å²) in [5.74, 6) is 0.417. The summed E-state index contributed by atoms with van der Waals surface area (Å²) in [5, 5.41) is 4.46. The smallest absolute Gasteiger partial charge is 0.170 e. The largest absolute Gasteiger partial charge is 0.296 e. The first-order valence-electron chi connectivity index (χ1n) is 5.30. The van der Waals surface area contributed by atoms with Gasteiger partial charge in [0.25, 0.3) is 0 Å². The van der Waals surface area contributed by atoms with Crippen LogP contribution in [-0.4, -0.2) is 20.9 Å². The molecule has 82 valence electrons. The van der Waals surface area contributed by atoms with Crippen molar-refractivity contribution in [1.82, 2.24) is 14.6 Å². The fraction of sp³-hybridized carbons (Fsp3) is 0.364. The van der Waals surface area contributed by atoms with E-state index in [4.69, 9.17) is 11.6 Å². The van der Waals surface area contributed by atoms with Crippen LogP contribution < -0.4 is 0 Å². The van der Waals surface area contributed by atoms with Crippen molar-refractivity contribution in [1.29, 1.82) is 0 Å². The molecule has 4 nitrogen and oxygen atoms in total. The normalized spacial score (nSPS) is 16.3. The predicted molar refractivity (Wildman–Crippen MR) is 60.0 cm³/mol. The Morgan fingerprint density at radius 2 is 2.25 bits per heavy atom. The molecule has 1 fully saturated rings. The number of hydrogen-bond donors (Lipinski definition) is 0. The molecule has 1 saturated carbocycles. The standard InChI is InChI=1S/C11H10ClN3O/c12-9-4-5-10-13-11(7-2-1-3-7)8(6-16)15(10)14-9/h4-7H,1-3H2. The number of fused-ring (bicyclic) bond motifs is 1. The molecule has 0 radical (unpaired) electrons. The van der Waals surface area contributed by atoms with Gasteiger partial charge in [0.05, 0.1) is 5.69 Å². The maximum absolute atomic E-state index is 11.1. The van der Waals surface area contributed by atoms with Crippen LogP contribution in [0.3, 0.4) is 0 Å². The van der Waals surface area contributed by atoms with E-state index in [0.29, 0.717) is 22.4 Å². The van der Waals surface area contributed by atoms with Crippen molar-refractivity contribution in [2.24, 2.45) is 0 Å². The molecule has 2 aromatic rings. The quantitative estimate of drug-likeness (QED) is 0.752. The summed E-state index contributed by atoms with van der Waals surface area (Å²) in [5.41, 5.74) is 2.10. The Morgan fingerprint density at radius 1 is 1.44 bits per heavy atom. The fourth-order valence-electron chi connectivity index (χ4n) is 2.04. The van der Waals surface area contributed by atoms with Gasteiger partial charge in [0, 0.05) is 5.92 Å². The first-order valence-corrected chi connectivity index (χ1v) is 5.68. The Kier molecular flexibility index (Phi) is 2.17. The summed E-state index contributed by atoms with van der Waals surface area (Å²) < 4.78 is 1.53. The number of aldehydes is 1. The van der Waals surface area contributed by atoms with Crippen LogP contribution in [0.25, 0.3) is 5.65 Å². The molecule has 1 aliphatic carbocycles. The molecule has 2 aromatic heterocycles. The van der Waals surface area contributed by atoms with Crippen LogP contribution >= 0.6 is 11.6 Å². The van der Waals surface area contributed by atoms with Crippen LogP contribution in [0.1, 0.15) is 41.4 Å². The molecule has 0 unspecified atom stereocenters. The second kappa shape index (κ2) is 3.56. The van der Waals surface area contributed by atoms with Crippen LogP contribution in [0, 0.1) is 0 Å². The SMILES string of the molecule is O=Cc1c(C2CCC2)nc2ccc(Cl)nn12. The van der Waals surface area contributed by atoms with E-state index in [-0.39, 0.29) is 0 Å². The van der Waals surface area contributed by atoms with Crippen molar-refractivity contribution < 1.29 is 4.79 Å². The van der Waals surface area contributed by atoms with E-state index in [1.807, 2.05) is 0 Å². The van der Waals surface area contributed by atoms with Gasteiger partial charge < -0.3 is 0 Å². The molecule has 1 aliphatic rings. The lowest BCUT2D eigenvalue weighted by atomic mass is 9.82. The summed E-state index contributed by atoms with van der Waals surface area (Å²) in [7, 11) is 0. The first kappa shape index (κ1) is 9.78. The van der Waals surface area contributed by atoms with Crippen molar-refractivity contribution in [3.8, 4) is 0 Å². The lowest BCUT2D eigenvalue weighted by molar-refractivity contribution is 0.111. The topological polar surface area (TPSA) is 47.3 Å². The van der Waals surface area contributed by atoms with Crippen LogP contribution in [0.4, 0.5) is 0 Å². The highest BCUT2D eigenvalue weighted by Gasteiger charge is 2.26. The zero-order chi connectivity index (χ0) is 11.1. The van der Waals surface area contributed by atoms with Gasteiger partial charge in [-0.1, -0.05) is 18.0 Å². The molecule has 5 heteroatoms. The van der Waals surface area contributed by atoms with Crippen molar-refractivity contribution in [2.45, 2.75) is 25.2 Å². The van der Waals surface area contributed by atoms with Crippen LogP contribution in [0.5, 0.6) is 0 Å². The lowest BCUT2D eigenvalue weighted by Crippen LogP contribution is -2.11. The van der Waals surface area contributed by atoms with Gasteiger partial charge in [0.2, 0.25) is 0 Å². The number of hydrogen-bond acceptors (Lipinski definition) is 3. The molecule has 0 N–H and O–H groups in total. The molecule has 0 amide bonds. The van der Waals surface area contributed by atoms with Crippen molar-refractivity contribution >= 4 is 23.5 Å². The van der Waals surface area contributed by atoms with Crippen LogP contribution in [-0.2, 0) is 0 Å². The molecular formula is C11H10ClN3O. The minimum atomic E-state index is 0.369. The Hall–Kier alpha value is -1.42. The predicted octanol–water partition coefficient (Wildman–Crippen LogP) is 2.46. The molecule has 16 heavy (non-hydrogen) atoms. The first-order chi connectivity index (χ1) is 7.79. The van der Waals surface area contributed by atoms with E-state index >= 15 is 0 Å². The summed E-state index contributed by atoms with van der Waals surface area (Å²) in [6.45, 7) is 0. The van der Waals surface area contributed by atoms with Gasteiger partial charge in [-0.25, -0.2) is 9.50 Å². The molecule has 0 saturated heterocycles. The molecule has 0 aliphatic heterocycles. The molecule has 0 bridgehead atoms. The Balaban J connectivity index is 2.24. The zero-order valence-electron chi connectivity index (χ0n) is 8.56. The third-order valence-corrected chi connectivity index (χ3v) is 3.31. The number of imidazole rings is 1. The highest BCUT2D eigenvalue weighted by molar-refractivity contribution is 6.29. The lowest BCUT2D eigenvalue weighted by Gasteiger charge is -2.23. The highest BCUT2D eigenvalue weighted by Crippen LogP contribution is 2.37. The van der Waals surface area contributed by atoms with Crippen molar-refractivity contribution in [3.63, 3.8) is 0 Å².